The van der Waals surface area contributed by atoms with Gasteiger partial charge in [0.25, 0.3) is 5.69 Å². The molecule has 25 heavy (non-hydrogen) atoms. The maximum atomic E-state index is 13.1. The lowest BCUT2D eigenvalue weighted by Crippen LogP contribution is -2.01. The molecule has 0 saturated heterocycles. The minimum absolute atomic E-state index is 0.126. The number of hydrogen-bond acceptors (Lipinski definition) is 5. The van der Waals surface area contributed by atoms with Gasteiger partial charge in [0.05, 0.1) is 4.92 Å². The summed E-state index contributed by atoms with van der Waals surface area (Å²) in [6.07, 6.45) is 0. The number of nitro groups is 1. The highest BCUT2D eigenvalue weighted by Crippen LogP contribution is 2.31. The van der Waals surface area contributed by atoms with E-state index in [4.69, 9.17) is 23.2 Å². The quantitative estimate of drug-likeness (QED) is 0.381. The summed E-state index contributed by atoms with van der Waals surface area (Å²) in [5.41, 5.74) is 0.548. The van der Waals surface area contributed by atoms with Gasteiger partial charge in [0.1, 0.15) is 22.5 Å². The zero-order chi connectivity index (χ0) is 18.0. The predicted octanol–water partition coefficient (Wildman–Crippen LogP) is 5.24. The Morgan fingerprint density at radius 2 is 1.76 bits per heavy atom. The van der Waals surface area contributed by atoms with Crippen LogP contribution in [0.15, 0.2) is 48.5 Å². The van der Waals surface area contributed by atoms with Crippen LogP contribution in [0.2, 0.25) is 10.2 Å². The Balaban J connectivity index is 2.00. The van der Waals surface area contributed by atoms with E-state index < -0.39 is 10.7 Å². The van der Waals surface area contributed by atoms with E-state index in [1.54, 1.807) is 0 Å². The first kappa shape index (κ1) is 17.1. The van der Waals surface area contributed by atoms with Crippen molar-refractivity contribution >= 4 is 40.4 Å². The number of hydrogen-bond donors (Lipinski definition) is 1. The van der Waals surface area contributed by atoms with Crippen LogP contribution in [0.1, 0.15) is 0 Å². The number of nitrogens with zero attached hydrogens (tertiary/aromatic N) is 3. The molecule has 0 amide bonds. The highest BCUT2D eigenvalue weighted by Gasteiger charge is 2.15. The van der Waals surface area contributed by atoms with Crippen LogP contribution >= 0.6 is 23.2 Å². The van der Waals surface area contributed by atoms with Crippen molar-refractivity contribution in [3.63, 3.8) is 0 Å². The largest absolute Gasteiger partial charge is 0.334 e. The summed E-state index contributed by atoms with van der Waals surface area (Å²) >= 11 is 11.9. The Bertz CT molecular complexity index is 951. The molecule has 0 aliphatic rings. The molecule has 2 aromatic carbocycles. The van der Waals surface area contributed by atoms with Crippen LogP contribution < -0.4 is 5.32 Å². The van der Waals surface area contributed by atoms with Crippen molar-refractivity contribution in [1.82, 2.24) is 9.97 Å². The fourth-order valence-electron chi connectivity index (χ4n) is 2.12. The summed E-state index contributed by atoms with van der Waals surface area (Å²) < 4.78 is 13.1. The zero-order valence-corrected chi connectivity index (χ0v) is 13.9. The average Bonchev–Trinajstić information content (AvgIpc) is 2.54. The maximum absolute atomic E-state index is 13.1. The Hall–Kier alpha value is -2.77. The predicted molar refractivity (Wildman–Crippen MR) is 93.8 cm³/mol. The van der Waals surface area contributed by atoms with Gasteiger partial charge in [-0.25, -0.2) is 14.4 Å². The number of halogens is 3. The molecular formula is C16H9Cl2FN4O2. The van der Waals surface area contributed by atoms with E-state index in [0.717, 1.165) is 0 Å². The number of aromatic nitrogens is 2. The van der Waals surface area contributed by atoms with Gasteiger partial charge in [0.15, 0.2) is 5.82 Å². The van der Waals surface area contributed by atoms with E-state index in [9.17, 15) is 14.5 Å². The van der Waals surface area contributed by atoms with Crippen molar-refractivity contribution < 1.29 is 9.31 Å². The van der Waals surface area contributed by atoms with Crippen molar-refractivity contribution in [3.8, 4) is 11.4 Å². The topological polar surface area (TPSA) is 81.0 Å². The summed E-state index contributed by atoms with van der Waals surface area (Å²) in [4.78, 5) is 18.9. The summed E-state index contributed by atoms with van der Waals surface area (Å²) in [7, 11) is 0. The van der Waals surface area contributed by atoms with E-state index >= 15 is 0 Å². The first-order valence-electron chi connectivity index (χ1n) is 6.94. The van der Waals surface area contributed by atoms with Gasteiger partial charge in [-0.15, -0.1) is 0 Å². The van der Waals surface area contributed by atoms with E-state index in [2.05, 4.69) is 15.3 Å². The Kier molecular flexibility index (Phi) is 4.78. The molecule has 0 radical (unpaired) electrons. The maximum Gasteiger partial charge on any atom is 0.292 e. The molecule has 0 aliphatic carbocycles. The van der Waals surface area contributed by atoms with Crippen LogP contribution in [0.5, 0.6) is 0 Å². The first-order chi connectivity index (χ1) is 11.9. The lowest BCUT2D eigenvalue weighted by Gasteiger charge is -2.09. The van der Waals surface area contributed by atoms with Crippen molar-refractivity contribution in [3.05, 3.63) is 74.6 Å². The van der Waals surface area contributed by atoms with Crippen molar-refractivity contribution in [2.24, 2.45) is 0 Å². The van der Waals surface area contributed by atoms with Crippen molar-refractivity contribution in [2.45, 2.75) is 0 Å². The van der Waals surface area contributed by atoms with Gasteiger partial charge < -0.3 is 5.32 Å². The molecule has 3 aromatic rings. The van der Waals surface area contributed by atoms with Crippen LogP contribution in [0.25, 0.3) is 11.4 Å². The second-order valence-electron chi connectivity index (χ2n) is 4.95. The summed E-state index contributed by atoms with van der Waals surface area (Å²) in [6.45, 7) is 0. The molecule has 1 aromatic heterocycles. The second kappa shape index (κ2) is 7.00. The molecular weight excluding hydrogens is 370 g/mol. The van der Waals surface area contributed by atoms with Crippen LogP contribution in [0.3, 0.4) is 0 Å². The fourth-order valence-corrected chi connectivity index (χ4v) is 2.47. The molecule has 0 atom stereocenters. The van der Waals surface area contributed by atoms with Crippen LogP contribution in [-0.2, 0) is 0 Å². The highest BCUT2D eigenvalue weighted by atomic mass is 35.5. The van der Waals surface area contributed by atoms with E-state index in [1.807, 2.05) is 0 Å². The lowest BCUT2D eigenvalue weighted by molar-refractivity contribution is -0.383. The number of benzene rings is 2. The molecule has 0 aliphatic heterocycles. The molecule has 1 heterocycles. The number of rotatable bonds is 4. The van der Waals surface area contributed by atoms with Gasteiger partial charge in [0.2, 0.25) is 0 Å². The SMILES string of the molecule is O=[N+]([O-])c1ccc(Cl)cc1Nc1cc(Cl)nc(-c2ccc(F)cc2)n1. The minimum atomic E-state index is -0.539. The highest BCUT2D eigenvalue weighted by molar-refractivity contribution is 6.31. The summed E-state index contributed by atoms with van der Waals surface area (Å²) in [5.74, 6) is 0.100. The molecule has 126 valence electrons. The normalized spacial score (nSPS) is 10.5. The van der Waals surface area contributed by atoms with E-state index in [0.29, 0.717) is 10.6 Å². The molecule has 0 spiro atoms. The van der Waals surface area contributed by atoms with Gasteiger partial charge in [-0.3, -0.25) is 10.1 Å². The monoisotopic (exact) mass is 378 g/mol. The third-order valence-corrected chi connectivity index (χ3v) is 3.64. The third kappa shape index (κ3) is 4.01. The molecule has 0 unspecified atom stereocenters. The third-order valence-electron chi connectivity index (χ3n) is 3.22. The molecule has 0 bridgehead atoms. The molecule has 3 rings (SSSR count). The van der Waals surface area contributed by atoms with Crippen molar-refractivity contribution in [2.75, 3.05) is 5.32 Å². The fraction of sp³-hybridized carbons (Fsp3) is 0. The molecule has 0 saturated carbocycles. The molecule has 1 N–H and O–H groups in total. The number of nitro benzene ring substituents is 1. The van der Waals surface area contributed by atoms with Gasteiger partial charge in [0, 0.05) is 22.7 Å². The van der Waals surface area contributed by atoms with E-state index in [-0.39, 0.29) is 28.2 Å². The Labute approximate surface area is 151 Å². The van der Waals surface area contributed by atoms with Crippen LogP contribution in [0, 0.1) is 15.9 Å². The Morgan fingerprint density at radius 3 is 2.44 bits per heavy atom. The molecule has 0 fully saturated rings. The van der Waals surface area contributed by atoms with Crippen LogP contribution in [0.4, 0.5) is 21.6 Å². The zero-order valence-electron chi connectivity index (χ0n) is 12.4. The molecule has 6 nitrogen and oxygen atoms in total. The van der Waals surface area contributed by atoms with Crippen molar-refractivity contribution in [1.29, 1.82) is 0 Å². The average molecular weight is 379 g/mol. The first-order valence-corrected chi connectivity index (χ1v) is 7.69. The molecule has 9 heteroatoms. The van der Waals surface area contributed by atoms with Gasteiger partial charge in [-0.1, -0.05) is 23.2 Å². The smallest absolute Gasteiger partial charge is 0.292 e. The summed E-state index contributed by atoms with van der Waals surface area (Å²) in [6, 6.07) is 11.1. The van der Waals surface area contributed by atoms with Gasteiger partial charge in [-0.05, 0) is 36.4 Å². The van der Waals surface area contributed by atoms with Gasteiger partial charge in [-0.2, -0.15) is 0 Å². The van der Waals surface area contributed by atoms with Gasteiger partial charge >= 0.3 is 0 Å². The Morgan fingerprint density at radius 1 is 1.04 bits per heavy atom. The number of anilines is 2. The number of nitrogens with one attached hydrogen (secondary N) is 1. The lowest BCUT2D eigenvalue weighted by atomic mass is 10.2. The second-order valence-corrected chi connectivity index (χ2v) is 5.77. The standard InChI is InChI=1S/C16H9Cl2FN4O2/c17-10-3-6-13(23(24)25)12(7-10)20-15-8-14(18)21-16(22-15)9-1-4-11(19)5-2-9/h1-8H,(H,20,21,22). The van der Waals surface area contributed by atoms with E-state index in [1.165, 1.54) is 48.5 Å². The summed E-state index contributed by atoms with van der Waals surface area (Å²) in [5, 5.41) is 14.4. The minimum Gasteiger partial charge on any atom is -0.334 e. The van der Waals surface area contributed by atoms with Crippen LogP contribution in [-0.4, -0.2) is 14.9 Å².